The van der Waals surface area contributed by atoms with E-state index in [1.54, 1.807) is 0 Å². The average Bonchev–Trinajstić information content (AvgIpc) is 2.75. The molecule has 0 aliphatic carbocycles. The maximum atomic E-state index is 2.44. The summed E-state index contributed by atoms with van der Waals surface area (Å²) >= 11 is 0. The van der Waals surface area contributed by atoms with Gasteiger partial charge in [-0.05, 0) is 36.9 Å². The van der Waals surface area contributed by atoms with Crippen LogP contribution in [0.5, 0.6) is 0 Å². The van der Waals surface area contributed by atoms with Crippen molar-refractivity contribution in [3.05, 3.63) is 66.0 Å². The molecule has 0 N–H and O–H groups in total. The molecule has 0 atom stereocenters. The van der Waals surface area contributed by atoms with Crippen LogP contribution >= 0.6 is 0 Å². The second-order valence-corrected chi connectivity index (χ2v) is 6.32. The van der Waals surface area contributed by atoms with Gasteiger partial charge >= 0.3 is 0 Å². The van der Waals surface area contributed by atoms with Crippen LogP contribution in [-0.4, -0.2) is 4.57 Å². The van der Waals surface area contributed by atoms with Crippen molar-refractivity contribution < 1.29 is 4.57 Å². The Morgan fingerprint density at radius 2 is 1.82 bits per heavy atom. The molecule has 2 aromatic carbocycles. The van der Waals surface area contributed by atoms with E-state index in [2.05, 4.69) is 77.7 Å². The second kappa shape index (κ2) is 3.98. The molecule has 5 rings (SSSR count). The molecule has 0 unspecified atom stereocenters. The van der Waals surface area contributed by atoms with Gasteiger partial charge in [0.25, 0.3) is 0 Å². The fourth-order valence-corrected chi connectivity index (χ4v) is 3.80. The third-order valence-electron chi connectivity index (χ3n) is 4.87. The molecule has 4 aromatic rings. The van der Waals surface area contributed by atoms with Crippen molar-refractivity contribution in [2.75, 3.05) is 0 Å². The predicted octanol–water partition coefficient (Wildman–Crippen LogP) is 4.19. The molecule has 0 saturated heterocycles. The molecule has 0 fully saturated rings. The van der Waals surface area contributed by atoms with Gasteiger partial charge in [-0.3, -0.25) is 4.57 Å². The Morgan fingerprint density at radius 3 is 2.73 bits per heavy atom. The highest BCUT2D eigenvalue weighted by molar-refractivity contribution is 6.13. The van der Waals surface area contributed by atoms with E-state index in [-0.39, 0.29) is 0 Å². The normalized spacial score (nSPS) is 12.8. The van der Waals surface area contributed by atoms with Crippen molar-refractivity contribution in [3.63, 3.8) is 0 Å². The zero-order valence-corrected chi connectivity index (χ0v) is 12.8. The quantitative estimate of drug-likeness (QED) is 0.377. The summed E-state index contributed by atoms with van der Waals surface area (Å²) in [5.41, 5.74) is 6.63. The first-order valence-electron chi connectivity index (χ1n) is 7.74. The Labute approximate surface area is 129 Å². The molecule has 0 saturated carbocycles. The van der Waals surface area contributed by atoms with Crippen molar-refractivity contribution in [3.8, 4) is 11.3 Å². The number of fused-ring (bicyclic) bond motifs is 2. The maximum absolute atomic E-state index is 2.44. The summed E-state index contributed by atoms with van der Waals surface area (Å²) in [6.45, 7) is 5.24. The molecule has 2 heteroatoms. The van der Waals surface area contributed by atoms with Crippen LogP contribution in [0.3, 0.4) is 0 Å². The molecule has 3 heterocycles. The first-order chi connectivity index (χ1) is 10.7. The summed E-state index contributed by atoms with van der Waals surface area (Å²) in [6, 6.07) is 17.9. The summed E-state index contributed by atoms with van der Waals surface area (Å²) in [5.74, 6) is 0. The van der Waals surface area contributed by atoms with E-state index >= 15 is 0 Å². The lowest BCUT2D eigenvalue weighted by molar-refractivity contribution is -0.690. The van der Waals surface area contributed by atoms with Crippen LogP contribution in [0, 0.1) is 13.8 Å². The molecule has 22 heavy (non-hydrogen) atoms. The number of aromatic nitrogens is 2. The van der Waals surface area contributed by atoms with Gasteiger partial charge in [-0.2, -0.15) is 4.57 Å². The van der Waals surface area contributed by atoms with Gasteiger partial charge in [-0.25, -0.2) is 0 Å². The first-order valence-corrected chi connectivity index (χ1v) is 7.74. The minimum atomic E-state index is 0.874. The molecular formula is C20H17N2+. The van der Waals surface area contributed by atoms with Crippen LogP contribution < -0.4 is 4.57 Å². The van der Waals surface area contributed by atoms with Gasteiger partial charge in [0.2, 0.25) is 12.4 Å². The highest BCUT2D eigenvalue weighted by atomic mass is 15.2. The first kappa shape index (κ1) is 12.0. The lowest BCUT2D eigenvalue weighted by Crippen LogP contribution is -2.38. The summed E-state index contributed by atoms with van der Waals surface area (Å²) in [4.78, 5) is 0. The smallest absolute Gasteiger partial charge is 0.228 e. The van der Waals surface area contributed by atoms with Gasteiger partial charge in [-0.15, -0.1) is 0 Å². The van der Waals surface area contributed by atoms with Crippen molar-refractivity contribution in [1.82, 2.24) is 4.57 Å². The fraction of sp³-hybridized carbons (Fsp3) is 0.150. The molecule has 2 nitrogen and oxygen atoms in total. The molecule has 2 aromatic heterocycles. The number of pyridine rings is 1. The molecule has 1 aliphatic rings. The zero-order chi connectivity index (χ0) is 14.8. The van der Waals surface area contributed by atoms with Gasteiger partial charge in [0, 0.05) is 28.6 Å². The summed E-state index contributed by atoms with van der Waals surface area (Å²) in [6.07, 6.45) is 2.21. The minimum absolute atomic E-state index is 0.874. The predicted molar refractivity (Wildman–Crippen MR) is 89.9 cm³/mol. The molecular weight excluding hydrogens is 268 g/mol. The number of hydrogen-bond donors (Lipinski definition) is 0. The Balaban J connectivity index is 2.09. The van der Waals surface area contributed by atoms with Crippen molar-refractivity contribution in [1.29, 1.82) is 0 Å². The number of benzene rings is 2. The van der Waals surface area contributed by atoms with E-state index in [0.29, 0.717) is 0 Å². The lowest BCUT2D eigenvalue weighted by Gasteiger charge is -2.05. The van der Waals surface area contributed by atoms with E-state index in [1.807, 2.05) is 0 Å². The van der Waals surface area contributed by atoms with Crippen LogP contribution in [0.2, 0.25) is 0 Å². The second-order valence-electron chi connectivity index (χ2n) is 6.32. The van der Waals surface area contributed by atoms with Crippen LogP contribution in [-0.2, 0) is 6.67 Å². The van der Waals surface area contributed by atoms with Crippen LogP contribution in [0.1, 0.15) is 11.3 Å². The minimum Gasteiger partial charge on any atom is -0.289 e. The topological polar surface area (TPSA) is 8.81 Å². The van der Waals surface area contributed by atoms with Crippen LogP contribution in [0.15, 0.2) is 54.7 Å². The van der Waals surface area contributed by atoms with Gasteiger partial charge in [0.1, 0.15) is 0 Å². The van der Waals surface area contributed by atoms with Crippen molar-refractivity contribution in [2.45, 2.75) is 20.5 Å². The van der Waals surface area contributed by atoms with E-state index < -0.39 is 0 Å². The van der Waals surface area contributed by atoms with Gasteiger partial charge in [0.05, 0.1) is 11.1 Å². The van der Waals surface area contributed by atoms with Crippen molar-refractivity contribution >= 4 is 21.7 Å². The summed E-state index contributed by atoms with van der Waals surface area (Å²) in [7, 11) is 0. The van der Waals surface area contributed by atoms with Gasteiger partial charge in [0.15, 0.2) is 6.20 Å². The monoisotopic (exact) mass is 285 g/mol. The third kappa shape index (κ3) is 1.42. The number of aryl methyl sites for hydroxylation is 2. The number of nitrogens with zero attached hydrogens (tertiary/aromatic N) is 2. The Hall–Kier alpha value is -2.61. The lowest BCUT2D eigenvalue weighted by atomic mass is 9.99. The standard InChI is InChI=1S/C20H17N2/c1-13-8-9-21-12-22-14(2)11-16-7-6-15-4-3-5-17(18(21)10-13)19(15)20(16)22/h3-11H,12H2,1-2H3/q+1. The number of rotatable bonds is 0. The Bertz CT molecular complexity index is 1070. The fourth-order valence-electron chi connectivity index (χ4n) is 3.80. The van der Waals surface area contributed by atoms with E-state index in [1.165, 1.54) is 44.2 Å². The SMILES string of the molecule is Cc1cc[n+]2c(c1)-c1cccc3ccc4cc(C)n(c4c13)C2. The summed E-state index contributed by atoms with van der Waals surface area (Å²) in [5, 5.41) is 4.03. The maximum Gasteiger partial charge on any atom is 0.228 e. The molecule has 0 spiro atoms. The Morgan fingerprint density at radius 1 is 0.955 bits per heavy atom. The number of hydrogen-bond acceptors (Lipinski definition) is 0. The van der Waals surface area contributed by atoms with Crippen molar-refractivity contribution in [2.24, 2.45) is 0 Å². The molecule has 0 amide bonds. The van der Waals surface area contributed by atoms with Gasteiger partial charge < -0.3 is 0 Å². The molecule has 106 valence electrons. The highest BCUT2D eigenvalue weighted by Gasteiger charge is 2.24. The highest BCUT2D eigenvalue weighted by Crippen LogP contribution is 2.36. The summed E-state index contributed by atoms with van der Waals surface area (Å²) < 4.78 is 4.79. The van der Waals surface area contributed by atoms with Gasteiger partial charge in [-0.1, -0.05) is 24.3 Å². The van der Waals surface area contributed by atoms with E-state index in [0.717, 1.165) is 6.67 Å². The van der Waals surface area contributed by atoms with Crippen LogP contribution in [0.25, 0.3) is 32.9 Å². The Kier molecular flexibility index (Phi) is 2.17. The molecule has 0 bridgehead atoms. The molecule has 0 radical (unpaired) electrons. The largest absolute Gasteiger partial charge is 0.289 e. The van der Waals surface area contributed by atoms with E-state index in [9.17, 15) is 0 Å². The third-order valence-corrected chi connectivity index (χ3v) is 4.87. The zero-order valence-electron chi connectivity index (χ0n) is 12.8. The average molecular weight is 285 g/mol. The van der Waals surface area contributed by atoms with Crippen LogP contribution in [0.4, 0.5) is 0 Å². The van der Waals surface area contributed by atoms with E-state index in [4.69, 9.17) is 0 Å². The molecule has 1 aliphatic heterocycles.